The zero-order chi connectivity index (χ0) is 15.5. The Labute approximate surface area is 129 Å². The minimum Gasteiger partial charge on any atom is -0.390 e. The molecule has 22 heavy (non-hydrogen) atoms. The number of hydrogen-bond donors (Lipinski definition) is 1. The number of aliphatic hydroxyl groups excluding tert-OH is 1. The molecule has 0 bridgehead atoms. The molecule has 1 saturated carbocycles. The van der Waals surface area contributed by atoms with Crippen molar-refractivity contribution in [2.24, 2.45) is 0 Å². The molecule has 1 aliphatic rings. The highest BCUT2D eigenvalue weighted by atomic mass is 16.5. The van der Waals surface area contributed by atoms with E-state index in [2.05, 4.69) is 17.0 Å². The molecule has 1 N–H and O–H groups in total. The van der Waals surface area contributed by atoms with Gasteiger partial charge in [0.2, 0.25) is 0 Å². The van der Waals surface area contributed by atoms with Crippen LogP contribution in [0.2, 0.25) is 0 Å². The quantitative estimate of drug-likeness (QED) is 0.836. The van der Waals surface area contributed by atoms with Crippen LogP contribution in [0.5, 0.6) is 0 Å². The minimum absolute atomic E-state index is 0.190. The predicted octanol–water partition coefficient (Wildman–Crippen LogP) is 1.35. The number of hydrogen-bond acceptors (Lipinski definition) is 5. The summed E-state index contributed by atoms with van der Waals surface area (Å²) in [6.07, 6.45) is 1.77. The Morgan fingerprint density at radius 2 is 2.14 bits per heavy atom. The molecule has 6 nitrogen and oxygen atoms in total. The summed E-state index contributed by atoms with van der Waals surface area (Å²) in [4.78, 5) is 14.1. The molecule has 6 heteroatoms. The highest BCUT2D eigenvalue weighted by Crippen LogP contribution is 2.26. The Morgan fingerprint density at radius 3 is 2.77 bits per heavy atom. The lowest BCUT2D eigenvalue weighted by Gasteiger charge is -2.23. The van der Waals surface area contributed by atoms with Gasteiger partial charge in [-0.05, 0) is 19.4 Å². The Morgan fingerprint density at radius 1 is 1.41 bits per heavy atom. The van der Waals surface area contributed by atoms with Crippen molar-refractivity contribution in [2.75, 3.05) is 13.1 Å². The first-order valence-corrected chi connectivity index (χ1v) is 7.73. The Bertz CT molecular complexity index is 661. The average molecular weight is 303 g/mol. The van der Waals surface area contributed by atoms with Crippen LogP contribution < -0.4 is 5.76 Å². The standard InChI is InChI=1S/C16H21N3O3/c1-2-18(13-8-9-13)10-14(20)11-19-15(17-22-16(19)21)12-6-4-3-5-7-12/h3-7,13-14,20H,2,8-11H2,1H3. The third-order valence-corrected chi connectivity index (χ3v) is 4.03. The fourth-order valence-corrected chi connectivity index (χ4v) is 2.74. The largest absolute Gasteiger partial charge is 0.441 e. The monoisotopic (exact) mass is 303 g/mol. The van der Waals surface area contributed by atoms with Crippen LogP contribution in [0.4, 0.5) is 0 Å². The maximum absolute atomic E-state index is 11.9. The normalized spacial score (nSPS) is 16.1. The fourth-order valence-electron chi connectivity index (χ4n) is 2.74. The highest BCUT2D eigenvalue weighted by Gasteiger charge is 2.29. The van der Waals surface area contributed by atoms with Gasteiger partial charge < -0.3 is 5.11 Å². The van der Waals surface area contributed by atoms with Gasteiger partial charge in [0.15, 0.2) is 5.82 Å². The molecule has 1 fully saturated rings. The zero-order valence-corrected chi connectivity index (χ0v) is 12.7. The van der Waals surface area contributed by atoms with Gasteiger partial charge in [-0.15, -0.1) is 0 Å². The third kappa shape index (κ3) is 3.28. The maximum Gasteiger partial charge on any atom is 0.441 e. The number of nitrogens with zero attached hydrogens (tertiary/aromatic N) is 3. The van der Waals surface area contributed by atoms with E-state index in [-0.39, 0.29) is 6.54 Å². The first-order chi connectivity index (χ1) is 10.7. The first kappa shape index (κ1) is 15.0. The summed E-state index contributed by atoms with van der Waals surface area (Å²) in [7, 11) is 0. The first-order valence-electron chi connectivity index (χ1n) is 7.73. The summed E-state index contributed by atoms with van der Waals surface area (Å²) in [6, 6.07) is 9.97. The Hall–Kier alpha value is -1.92. The number of rotatable bonds is 7. The number of aromatic nitrogens is 2. The van der Waals surface area contributed by atoms with Crippen molar-refractivity contribution in [3.63, 3.8) is 0 Å². The molecule has 0 amide bonds. The molecule has 2 aromatic rings. The summed E-state index contributed by atoms with van der Waals surface area (Å²) in [5, 5.41) is 14.2. The second-order valence-corrected chi connectivity index (χ2v) is 5.72. The van der Waals surface area contributed by atoms with E-state index in [0.29, 0.717) is 18.4 Å². The van der Waals surface area contributed by atoms with Gasteiger partial charge in [0.1, 0.15) is 0 Å². The van der Waals surface area contributed by atoms with Gasteiger partial charge in [0, 0.05) is 18.2 Å². The fraction of sp³-hybridized carbons (Fsp3) is 0.500. The van der Waals surface area contributed by atoms with E-state index < -0.39 is 11.9 Å². The molecule has 1 atom stereocenters. The van der Waals surface area contributed by atoms with Gasteiger partial charge in [0.05, 0.1) is 12.6 Å². The second-order valence-electron chi connectivity index (χ2n) is 5.72. The van der Waals surface area contributed by atoms with Gasteiger partial charge in [-0.25, -0.2) is 4.79 Å². The van der Waals surface area contributed by atoms with Crippen LogP contribution in [0.3, 0.4) is 0 Å². The van der Waals surface area contributed by atoms with E-state index >= 15 is 0 Å². The van der Waals surface area contributed by atoms with Crippen molar-refractivity contribution in [2.45, 2.75) is 38.5 Å². The number of likely N-dealkylation sites (N-methyl/N-ethyl adjacent to an activating group) is 1. The van der Waals surface area contributed by atoms with Gasteiger partial charge in [-0.3, -0.25) is 14.0 Å². The molecule has 118 valence electrons. The van der Waals surface area contributed by atoms with Crippen molar-refractivity contribution in [3.8, 4) is 11.4 Å². The minimum atomic E-state index is -0.625. The van der Waals surface area contributed by atoms with E-state index in [1.165, 1.54) is 17.4 Å². The topological polar surface area (TPSA) is 71.5 Å². The third-order valence-electron chi connectivity index (χ3n) is 4.03. The molecule has 0 aliphatic heterocycles. The molecule has 3 rings (SSSR count). The summed E-state index contributed by atoms with van der Waals surface area (Å²) in [5.74, 6) is -0.0773. The molecule has 1 heterocycles. The van der Waals surface area contributed by atoms with Gasteiger partial charge in [0.25, 0.3) is 0 Å². The van der Waals surface area contributed by atoms with E-state index in [4.69, 9.17) is 4.52 Å². The Kier molecular flexibility index (Phi) is 4.40. The predicted molar refractivity (Wildman–Crippen MR) is 82.5 cm³/mol. The van der Waals surface area contributed by atoms with Crippen LogP contribution >= 0.6 is 0 Å². The van der Waals surface area contributed by atoms with Crippen LogP contribution in [0.15, 0.2) is 39.6 Å². The maximum atomic E-state index is 11.9. The average Bonchev–Trinajstić information content (AvgIpc) is 3.31. The lowest BCUT2D eigenvalue weighted by Crippen LogP contribution is -2.37. The molecular formula is C16H21N3O3. The molecule has 0 saturated heterocycles. The highest BCUT2D eigenvalue weighted by molar-refractivity contribution is 5.54. The molecule has 1 aliphatic carbocycles. The Balaban J connectivity index is 1.74. The van der Waals surface area contributed by atoms with Crippen LogP contribution in [0.25, 0.3) is 11.4 Å². The number of aliphatic hydroxyl groups is 1. The summed E-state index contributed by atoms with van der Waals surface area (Å²) >= 11 is 0. The molecule has 1 aromatic heterocycles. The van der Waals surface area contributed by atoms with Crippen LogP contribution in [-0.2, 0) is 6.54 Å². The summed E-state index contributed by atoms with van der Waals surface area (Å²) in [5.41, 5.74) is 0.801. The summed E-state index contributed by atoms with van der Waals surface area (Å²) < 4.78 is 6.18. The van der Waals surface area contributed by atoms with Crippen molar-refractivity contribution < 1.29 is 9.63 Å². The molecule has 1 unspecified atom stereocenters. The van der Waals surface area contributed by atoms with E-state index in [1.807, 2.05) is 30.3 Å². The van der Waals surface area contributed by atoms with Gasteiger partial charge in [-0.2, -0.15) is 0 Å². The van der Waals surface area contributed by atoms with E-state index in [0.717, 1.165) is 12.1 Å². The van der Waals surface area contributed by atoms with Crippen LogP contribution in [0, 0.1) is 0 Å². The van der Waals surface area contributed by atoms with E-state index in [1.54, 1.807) is 0 Å². The SMILES string of the molecule is CCN(CC(O)Cn1c(-c2ccccc2)noc1=O)C1CC1. The van der Waals surface area contributed by atoms with Crippen molar-refractivity contribution in [1.29, 1.82) is 0 Å². The van der Waals surface area contributed by atoms with Crippen molar-refractivity contribution in [1.82, 2.24) is 14.6 Å². The van der Waals surface area contributed by atoms with Crippen molar-refractivity contribution in [3.05, 3.63) is 40.9 Å². The van der Waals surface area contributed by atoms with Crippen molar-refractivity contribution >= 4 is 0 Å². The molecule has 0 radical (unpaired) electrons. The van der Waals surface area contributed by atoms with Crippen LogP contribution in [0.1, 0.15) is 19.8 Å². The lowest BCUT2D eigenvalue weighted by atomic mass is 10.2. The van der Waals surface area contributed by atoms with Gasteiger partial charge >= 0.3 is 5.76 Å². The lowest BCUT2D eigenvalue weighted by molar-refractivity contribution is 0.0953. The number of benzene rings is 1. The smallest absolute Gasteiger partial charge is 0.390 e. The van der Waals surface area contributed by atoms with Crippen LogP contribution in [-0.4, -0.2) is 45.0 Å². The molecule has 1 aromatic carbocycles. The van der Waals surface area contributed by atoms with E-state index in [9.17, 15) is 9.90 Å². The zero-order valence-electron chi connectivity index (χ0n) is 12.7. The molecular weight excluding hydrogens is 282 g/mol. The summed E-state index contributed by atoms with van der Waals surface area (Å²) in [6.45, 7) is 3.75. The molecule has 0 spiro atoms. The second kappa shape index (κ2) is 6.46. The van der Waals surface area contributed by atoms with Gasteiger partial charge in [-0.1, -0.05) is 42.4 Å².